The lowest BCUT2D eigenvalue weighted by atomic mass is 10.1. The lowest BCUT2D eigenvalue weighted by Gasteiger charge is -2.07. The summed E-state index contributed by atoms with van der Waals surface area (Å²) in [6.07, 6.45) is 8.91. The molecule has 0 saturated carbocycles. The summed E-state index contributed by atoms with van der Waals surface area (Å²) in [5.41, 5.74) is 0.894. The zero-order valence-corrected chi connectivity index (χ0v) is 13.3. The normalized spacial score (nSPS) is 10.6. The molecular weight excluding hydrogens is 272 g/mol. The molecule has 3 heteroatoms. The van der Waals surface area contributed by atoms with Gasteiger partial charge in [-0.15, -0.1) is 0 Å². The highest BCUT2D eigenvalue weighted by atomic mass is 35.5. The number of benzene rings is 1. The maximum Gasteiger partial charge on any atom is 0.311 e. The van der Waals surface area contributed by atoms with E-state index in [2.05, 4.69) is 6.92 Å². The second-order valence-electron chi connectivity index (χ2n) is 5.26. The van der Waals surface area contributed by atoms with Crippen LogP contribution in [0.25, 0.3) is 0 Å². The van der Waals surface area contributed by atoms with Crippen molar-refractivity contribution >= 4 is 17.6 Å². The maximum absolute atomic E-state index is 11.7. The minimum Gasteiger partial charge on any atom is -0.426 e. The molecule has 0 atom stereocenters. The van der Waals surface area contributed by atoms with Crippen LogP contribution in [0.5, 0.6) is 5.75 Å². The summed E-state index contributed by atoms with van der Waals surface area (Å²) in [4.78, 5) is 11.7. The van der Waals surface area contributed by atoms with E-state index in [1.807, 2.05) is 6.92 Å². The Labute approximate surface area is 127 Å². The van der Waals surface area contributed by atoms with Gasteiger partial charge in [0, 0.05) is 11.4 Å². The van der Waals surface area contributed by atoms with Gasteiger partial charge in [-0.3, -0.25) is 4.79 Å². The minimum absolute atomic E-state index is 0.149. The van der Waals surface area contributed by atoms with E-state index >= 15 is 0 Å². The van der Waals surface area contributed by atoms with Gasteiger partial charge in [0.2, 0.25) is 0 Å². The number of aryl methyl sites for hydroxylation is 1. The predicted octanol–water partition coefficient (Wildman–Crippen LogP) is 5.69. The summed E-state index contributed by atoms with van der Waals surface area (Å²) in [5.74, 6) is 0.464. The Kier molecular flexibility index (Phi) is 8.36. The van der Waals surface area contributed by atoms with E-state index < -0.39 is 0 Å². The van der Waals surface area contributed by atoms with E-state index in [1.165, 1.54) is 32.1 Å². The second kappa shape index (κ2) is 9.82. The third kappa shape index (κ3) is 6.95. The van der Waals surface area contributed by atoms with Crippen molar-refractivity contribution < 1.29 is 9.53 Å². The second-order valence-corrected chi connectivity index (χ2v) is 5.69. The van der Waals surface area contributed by atoms with Crippen molar-refractivity contribution in [3.8, 4) is 5.75 Å². The molecule has 0 fully saturated rings. The molecule has 0 aromatic heterocycles. The molecular formula is C17H25ClO2. The average molecular weight is 297 g/mol. The molecule has 1 aromatic carbocycles. The number of hydrogen-bond donors (Lipinski definition) is 0. The van der Waals surface area contributed by atoms with E-state index in [9.17, 15) is 4.79 Å². The Morgan fingerprint density at radius 3 is 2.40 bits per heavy atom. The van der Waals surface area contributed by atoms with Gasteiger partial charge in [0.1, 0.15) is 5.75 Å². The molecule has 1 rings (SSSR count). The van der Waals surface area contributed by atoms with E-state index in [-0.39, 0.29) is 5.97 Å². The number of ether oxygens (including phenoxy) is 1. The van der Waals surface area contributed by atoms with Crippen molar-refractivity contribution in [1.82, 2.24) is 0 Å². The third-order valence-electron chi connectivity index (χ3n) is 3.35. The van der Waals surface area contributed by atoms with Crippen LogP contribution in [0.4, 0.5) is 0 Å². The fourth-order valence-corrected chi connectivity index (χ4v) is 2.35. The molecule has 0 radical (unpaired) electrons. The van der Waals surface area contributed by atoms with E-state index in [1.54, 1.807) is 18.2 Å². The number of carbonyl (C=O) groups excluding carboxylic acids is 1. The first-order valence-corrected chi connectivity index (χ1v) is 7.98. The fraction of sp³-hybridized carbons (Fsp3) is 0.588. The fourth-order valence-electron chi connectivity index (χ4n) is 2.13. The van der Waals surface area contributed by atoms with Crippen LogP contribution in [0.2, 0.25) is 5.02 Å². The maximum atomic E-state index is 11.7. The molecule has 0 bridgehead atoms. The first kappa shape index (κ1) is 17.0. The minimum atomic E-state index is -0.149. The molecule has 0 aliphatic carbocycles. The van der Waals surface area contributed by atoms with Crippen molar-refractivity contribution in [3.63, 3.8) is 0 Å². The quantitative estimate of drug-likeness (QED) is 0.332. The average Bonchev–Trinajstić information content (AvgIpc) is 2.41. The van der Waals surface area contributed by atoms with Crippen LogP contribution in [0.1, 0.15) is 63.9 Å². The lowest BCUT2D eigenvalue weighted by Crippen LogP contribution is -2.08. The summed E-state index contributed by atoms with van der Waals surface area (Å²) >= 11 is 5.87. The zero-order valence-electron chi connectivity index (χ0n) is 12.6. The predicted molar refractivity (Wildman–Crippen MR) is 84.4 cm³/mol. The van der Waals surface area contributed by atoms with Gasteiger partial charge in [-0.2, -0.15) is 0 Å². The van der Waals surface area contributed by atoms with Crippen LogP contribution < -0.4 is 4.74 Å². The topological polar surface area (TPSA) is 26.3 Å². The van der Waals surface area contributed by atoms with Crippen LogP contribution in [0, 0.1) is 6.92 Å². The molecule has 0 aliphatic heterocycles. The molecule has 2 nitrogen and oxygen atoms in total. The highest BCUT2D eigenvalue weighted by molar-refractivity contribution is 6.30. The van der Waals surface area contributed by atoms with Crippen molar-refractivity contribution in [3.05, 3.63) is 28.8 Å². The van der Waals surface area contributed by atoms with Gasteiger partial charge in [-0.1, -0.05) is 57.0 Å². The summed E-state index contributed by atoms with van der Waals surface area (Å²) in [7, 11) is 0. The monoisotopic (exact) mass is 296 g/mol. The van der Waals surface area contributed by atoms with E-state index in [0.29, 0.717) is 17.2 Å². The Morgan fingerprint density at radius 1 is 1.10 bits per heavy atom. The first-order valence-electron chi connectivity index (χ1n) is 7.60. The molecule has 0 N–H and O–H groups in total. The number of halogens is 1. The van der Waals surface area contributed by atoms with Crippen molar-refractivity contribution in [2.75, 3.05) is 0 Å². The summed E-state index contributed by atoms with van der Waals surface area (Å²) in [6, 6.07) is 5.29. The van der Waals surface area contributed by atoms with Gasteiger partial charge in [0.05, 0.1) is 0 Å². The van der Waals surface area contributed by atoms with E-state index in [4.69, 9.17) is 16.3 Å². The van der Waals surface area contributed by atoms with Crippen molar-refractivity contribution in [1.29, 1.82) is 0 Å². The van der Waals surface area contributed by atoms with Gasteiger partial charge in [-0.05, 0) is 37.1 Å². The number of hydrogen-bond acceptors (Lipinski definition) is 2. The number of carbonyl (C=O) groups is 1. The summed E-state index contributed by atoms with van der Waals surface area (Å²) < 4.78 is 5.35. The Bertz CT molecular complexity index is 415. The van der Waals surface area contributed by atoms with E-state index in [0.717, 1.165) is 18.4 Å². The Morgan fingerprint density at radius 2 is 1.75 bits per heavy atom. The van der Waals surface area contributed by atoms with Gasteiger partial charge >= 0.3 is 5.97 Å². The van der Waals surface area contributed by atoms with Gasteiger partial charge in [0.25, 0.3) is 0 Å². The summed E-state index contributed by atoms with van der Waals surface area (Å²) in [5, 5.41) is 0.661. The first-order chi connectivity index (χ1) is 9.63. The molecule has 0 amide bonds. The summed E-state index contributed by atoms with van der Waals surface area (Å²) in [6.45, 7) is 4.11. The number of unbranched alkanes of at least 4 members (excludes halogenated alkanes) is 6. The van der Waals surface area contributed by atoms with Crippen LogP contribution in [-0.4, -0.2) is 5.97 Å². The molecule has 1 aromatic rings. The van der Waals surface area contributed by atoms with Gasteiger partial charge < -0.3 is 4.74 Å². The molecule has 0 saturated heterocycles. The standard InChI is InChI=1S/C17H25ClO2/c1-3-4-5-6-7-8-9-10-17(19)20-16-12-11-15(18)13-14(16)2/h11-13H,3-10H2,1-2H3. The largest absolute Gasteiger partial charge is 0.426 e. The third-order valence-corrected chi connectivity index (χ3v) is 3.58. The SMILES string of the molecule is CCCCCCCCCC(=O)Oc1ccc(Cl)cc1C. The number of rotatable bonds is 9. The number of esters is 1. The Balaban J connectivity index is 2.17. The molecule has 0 heterocycles. The van der Waals surface area contributed by atoms with Crippen LogP contribution in [-0.2, 0) is 4.79 Å². The zero-order chi connectivity index (χ0) is 14.8. The van der Waals surface area contributed by atoms with Gasteiger partial charge in [-0.25, -0.2) is 0 Å². The van der Waals surface area contributed by atoms with Crippen molar-refractivity contribution in [2.45, 2.75) is 65.2 Å². The van der Waals surface area contributed by atoms with Crippen molar-refractivity contribution in [2.24, 2.45) is 0 Å². The Hall–Kier alpha value is -1.02. The molecule has 0 unspecified atom stereocenters. The van der Waals surface area contributed by atoms with Crippen LogP contribution >= 0.6 is 11.6 Å². The molecule has 20 heavy (non-hydrogen) atoms. The lowest BCUT2D eigenvalue weighted by molar-refractivity contribution is -0.134. The van der Waals surface area contributed by atoms with Crippen LogP contribution in [0.15, 0.2) is 18.2 Å². The van der Waals surface area contributed by atoms with Crippen LogP contribution in [0.3, 0.4) is 0 Å². The molecule has 0 spiro atoms. The molecule has 0 aliphatic rings. The van der Waals surface area contributed by atoms with Gasteiger partial charge in [0.15, 0.2) is 0 Å². The highest BCUT2D eigenvalue weighted by Crippen LogP contribution is 2.22. The smallest absolute Gasteiger partial charge is 0.311 e. The molecule has 112 valence electrons. The highest BCUT2D eigenvalue weighted by Gasteiger charge is 2.07.